The highest BCUT2D eigenvalue weighted by atomic mass is 32.2. The highest BCUT2D eigenvalue weighted by Gasteiger charge is 2.30. The molecule has 0 aromatic heterocycles. The van der Waals surface area contributed by atoms with Gasteiger partial charge in [0.1, 0.15) is 12.2 Å². The molecule has 0 aliphatic rings. The lowest BCUT2D eigenvalue weighted by molar-refractivity contribution is -0.0410. The molecule has 12 heteroatoms. The Bertz CT molecular complexity index is 447. The molecule has 4 N–H and O–H groups in total. The Balaban J connectivity index is 5.03. The molecule has 0 saturated heterocycles. The number of rotatable bonds is 13. The lowest BCUT2D eigenvalue weighted by atomic mass is 10.2. The van der Waals surface area contributed by atoms with Crippen molar-refractivity contribution in [2.45, 2.75) is 12.2 Å². The van der Waals surface area contributed by atoms with Crippen LogP contribution in [0.3, 0.4) is 0 Å². The van der Waals surface area contributed by atoms with Crippen LogP contribution in [-0.2, 0) is 38.1 Å². The van der Waals surface area contributed by atoms with Gasteiger partial charge in [0.25, 0.3) is 20.2 Å². The van der Waals surface area contributed by atoms with Crippen molar-refractivity contribution in [1.82, 2.24) is 0 Å². The van der Waals surface area contributed by atoms with Crippen LogP contribution in [0.1, 0.15) is 0 Å². The van der Waals surface area contributed by atoms with E-state index in [0.717, 1.165) is 12.5 Å². The highest BCUT2D eigenvalue weighted by Crippen LogP contribution is 2.12. The van der Waals surface area contributed by atoms with Crippen LogP contribution in [0.4, 0.5) is 0 Å². The monoisotopic (exact) mass is 364 g/mol. The smallest absolute Gasteiger partial charge is 0.264 e. The zero-order valence-corrected chi connectivity index (χ0v) is 14.3. The molecule has 0 rings (SSSR count). The second kappa shape index (κ2) is 10.4. The van der Waals surface area contributed by atoms with Crippen molar-refractivity contribution in [2.75, 3.05) is 52.0 Å². The topological polar surface area (TPSA) is 157 Å². The third-order valence-electron chi connectivity index (χ3n) is 2.10. The van der Waals surface area contributed by atoms with Gasteiger partial charge >= 0.3 is 0 Å². The summed E-state index contributed by atoms with van der Waals surface area (Å²) in [7, 11) is -7.72. The third-order valence-corrected chi connectivity index (χ3v) is 3.29. The van der Waals surface area contributed by atoms with Gasteiger partial charge in [-0.1, -0.05) is 0 Å². The quantitative estimate of drug-likeness (QED) is 0.267. The molecule has 0 aliphatic heterocycles. The Kier molecular flexibility index (Phi) is 10.3. The van der Waals surface area contributed by atoms with E-state index in [4.69, 9.17) is 29.3 Å². The average molecular weight is 364 g/mol. The Hall–Kier alpha value is -0.340. The number of ether oxygens (including phenoxy) is 2. The fourth-order valence-corrected chi connectivity index (χ4v) is 2.67. The largest absolute Gasteiger partial charge is 0.377 e. The first kappa shape index (κ1) is 21.7. The van der Waals surface area contributed by atoms with Crippen molar-refractivity contribution >= 4 is 20.2 Å². The second-order valence-electron chi connectivity index (χ2n) is 4.40. The van der Waals surface area contributed by atoms with Crippen LogP contribution in [0.5, 0.6) is 0 Å². The van der Waals surface area contributed by atoms with E-state index in [0.29, 0.717) is 0 Å². The van der Waals surface area contributed by atoms with Crippen LogP contribution in [0, 0.1) is 0 Å². The van der Waals surface area contributed by atoms with Gasteiger partial charge in [0.2, 0.25) is 0 Å². The maximum atomic E-state index is 11.3. The predicted molar refractivity (Wildman–Crippen MR) is 79.2 cm³/mol. The van der Waals surface area contributed by atoms with Crippen LogP contribution < -0.4 is 11.5 Å². The maximum Gasteiger partial charge on any atom is 0.264 e. The fraction of sp³-hybridized carbons (Fsp3) is 1.00. The minimum Gasteiger partial charge on any atom is -0.377 e. The van der Waals surface area contributed by atoms with E-state index >= 15 is 0 Å². The molecule has 0 fully saturated rings. The van der Waals surface area contributed by atoms with Gasteiger partial charge in [-0.05, 0) is 0 Å². The van der Waals surface area contributed by atoms with E-state index in [1.165, 1.54) is 0 Å². The van der Waals surface area contributed by atoms with Crippen molar-refractivity contribution in [1.29, 1.82) is 0 Å². The molecule has 1 unspecified atom stereocenters. The number of hydrogen-bond donors (Lipinski definition) is 2. The Morgan fingerprint density at radius 3 is 1.32 bits per heavy atom. The van der Waals surface area contributed by atoms with E-state index in [2.05, 4.69) is 0 Å². The van der Waals surface area contributed by atoms with Crippen LogP contribution in [-0.4, -0.2) is 81.1 Å². The lowest BCUT2D eigenvalue weighted by Gasteiger charge is -2.25. The zero-order chi connectivity index (χ0) is 17.2. The number of hydrogen-bond acceptors (Lipinski definition) is 10. The SMILES string of the molecule is CS(=O)(=O)OC(COCCN)[C@H](COCCN)OS(C)(=O)=O. The molecule has 134 valence electrons. The van der Waals surface area contributed by atoms with Crippen molar-refractivity contribution in [3.05, 3.63) is 0 Å². The van der Waals surface area contributed by atoms with Gasteiger partial charge in [-0.25, -0.2) is 0 Å². The van der Waals surface area contributed by atoms with Crippen molar-refractivity contribution in [3.8, 4) is 0 Å². The summed E-state index contributed by atoms with van der Waals surface area (Å²) in [5, 5.41) is 0. The van der Waals surface area contributed by atoms with Gasteiger partial charge in [0.15, 0.2) is 0 Å². The van der Waals surface area contributed by atoms with Gasteiger partial charge in [-0.15, -0.1) is 0 Å². The molecule has 0 amide bonds. The highest BCUT2D eigenvalue weighted by molar-refractivity contribution is 7.86. The standard InChI is InChI=1S/C10H24N2O8S2/c1-21(13,14)19-9(7-17-5-3-11)10(8-18-6-4-12)20-22(2,15)16/h9-10H,3-8,11-12H2,1-2H3/t9-,10?/m0/s1. The van der Waals surface area contributed by atoms with Gasteiger partial charge in [0, 0.05) is 13.1 Å². The first-order valence-electron chi connectivity index (χ1n) is 6.41. The van der Waals surface area contributed by atoms with E-state index in [9.17, 15) is 16.8 Å². The summed E-state index contributed by atoms with van der Waals surface area (Å²) >= 11 is 0. The average Bonchev–Trinajstić information content (AvgIpc) is 2.34. The van der Waals surface area contributed by atoms with Crippen molar-refractivity contribution in [2.24, 2.45) is 11.5 Å². The Labute approximate surface area is 131 Å². The molecule has 0 radical (unpaired) electrons. The molecule has 0 spiro atoms. The summed E-state index contributed by atoms with van der Waals surface area (Å²) in [6.07, 6.45) is -0.731. The van der Waals surface area contributed by atoms with Crippen LogP contribution in [0.25, 0.3) is 0 Å². The van der Waals surface area contributed by atoms with Crippen molar-refractivity contribution in [3.63, 3.8) is 0 Å². The van der Waals surface area contributed by atoms with E-state index < -0.39 is 32.4 Å². The minimum atomic E-state index is -3.86. The molecule has 0 saturated carbocycles. The molecular weight excluding hydrogens is 340 g/mol. The molecule has 22 heavy (non-hydrogen) atoms. The van der Waals surface area contributed by atoms with E-state index in [-0.39, 0.29) is 39.5 Å². The van der Waals surface area contributed by atoms with Gasteiger partial charge in [0.05, 0.1) is 38.9 Å². The lowest BCUT2D eigenvalue weighted by Crippen LogP contribution is -2.42. The van der Waals surface area contributed by atoms with Crippen LogP contribution in [0.15, 0.2) is 0 Å². The van der Waals surface area contributed by atoms with Gasteiger partial charge in [-0.2, -0.15) is 16.8 Å². The maximum absolute atomic E-state index is 11.3. The molecule has 2 atom stereocenters. The molecule has 0 aromatic carbocycles. The van der Waals surface area contributed by atoms with Gasteiger partial charge in [-0.3, -0.25) is 8.37 Å². The third kappa shape index (κ3) is 12.2. The van der Waals surface area contributed by atoms with Crippen LogP contribution in [0.2, 0.25) is 0 Å². The summed E-state index contributed by atoms with van der Waals surface area (Å²) < 4.78 is 65.1. The fourth-order valence-electron chi connectivity index (χ4n) is 1.41. The Morgan fingerprint density at radius 2 is 1.09 bits per heavy atom. The molecule has 0 aliphatic carbocycles. The molecule has 10 nitrogen and oxygen atoms in total. The van der Waals surface area contributed by atoms with Crippen molar-refractivity contribution < 1.29 is 34.7 Å². The first-order valence-corrected chi connectivity index (χ1v) is 10.0. The molecule has 0 heterocycles. The van der Waals surface area contributed by atoms with Gasteiger partial charge < -0.3 is 20.9 Å². The summed E-state index contributed by atoms with van der Waals surface area (Å²) in [5.74, 6) is 0. The molecular formula is C10H24N2O8S2. The predicted octanol–water partition coefficient (Wildman–Crippen LogP) is -2.37. The number of nitrogens with two attached hydrogens (primary N) is 2. The first-order chi connectivity index (χ1) is 10.1. The van der Waals surface area contributed by atoms with E-state index in [1.807, 2.05) is 0 Å². The summed E-state index contributed by atoms with van der Waals surface area (Å²) in [4.78, 5) is 0. The normalized spacial score (nSPS) is 15.6. The Morgan fingerprint density at radius 1 is 0.773 bits per heavy atom. The van der Waals surface area contributed by atoms with Crippen LogP contribution >= 0.6 is 0 Å². The minimum absolute atomic E-state index is 0.152. The molecule has 0 aromatic rings. The summed E-state index contributed by atoms with van der Waals surface area (Å²) in [6, 6.07) is 0. The zero-order valence-electron chi connectivity index (χ0n) is 12.6. The molecule has 0 bridgehead atoms. The second-order valence-corrected chi connectivity index (χ2v) is 7.61. The van der Waals surface area contributed by atoms with E-state index in [1.54, 1.807) is 0 Å². The summed E-state index contributed by atoms with van der Waals surface area (Å²) in [5.41, 5.74) is 10.5. The summed E-state index contributed by atoms with van der Waals surface area (Å²) in [6.45, 7) is 0.282.